The number of benzene rings is 1. The van der Waals surface area contributed by atoms with Gasteiger partial charge in [-0.25, -0.2) is 13.8 Å². The molecular formula is C18H18F2N4O3. The van der Waals surface area contributed by atoms with E-state index in [-0.39, 0.29) is 22.9 Å². The summed E-state index contributed by atoms with van der Waals surface area (Å²) in [6.07, 6.45) is 0. The van der Waals surface area contributed by atoms with Crippen LogP contribution in [0.1, 0.15) is 5.69 Å². The number of hydrogen-bond acceptors (Lipinski definition) is 5. The number of rotatable bonds is 4. The van der Waals surface area contributed by atoms with E-state index in [2.05, 4.69) is 4.98 Å². The van der Waals surface area contributed by atoms with Crippen LogP contribution >= 0.6 is 0 Å². The van der Waals surface area contributed by atoms with E-state index in [0.29, 0.717) is 11.4 Å². The normalized spacial score (nSPS) is 10.9. The van der Waals surface area contributed by atoms with Crippen molar-refractivity contribution in [2.45, 2.75) is 6.92 Å². The molecule has 1 aromatic carbocycles. The minimum absolute atomic E-state index is 0.0156. The van der Waals surface area contributed by atoms with Crippen molar-refractivity contribution in [3.63, 3.8) is 0 Å². The van der Waals surface area contributed by atoms with Crippen molar-refractivity contribution < 1.29 is 18.3 Å². The van der Waals surface area contributed by atoms with E-state index in [4.69, 9.17) is 15.2 Å². The standard InChI is InChI=1S/C18H18F2N4O3/c1-9-5-10(26-3)8-14(22-9)24-18(25)16(21)17(23(24)2)15-12(19)6-11(27-4)7-13(15)20/h5-8H,21H2,1-4H3. The number of ether oxygens (including phenoxy) is 2. The fraction of sp³-hybridized carbons (Fsp3) is 0.222. The molecule has 0 aliphatic rings. The molecule has 7 nitrogen and oxygen atoms in total. The van der Waals surface area contributed by atoms with Crippen LogP contribution < -0.4 is 20.8 Å². The second kappa shape index (κ2) is 6.75. The molecule has 0 aliphatic carbocycles. The molecule has 0 saturated carbocycles. The zero-order valence-corrected chi connectivity index (χ0v) is 15.2. The van der Waals surface area contributed by atoms with E-state index in [0.717, 1.165) is 16.8 Å². The summed E-state index contributed by atoms with van der Waals surface area (Å²) in [4.78, 5) is 17.0. The molecule has 0 aliphatic heterocycles. The van der Waals surface area contributed by atoms with Gasteiger partial charge in [0.2, 0.25) is 0 Å². The predicted molar refractivity (Wildman–Crippen MR) is 96.4 cm³/mol. The lowest BCUT2D eigenvalue weighted by Crippen LogP contribution is -2.22. The lowest BCUT2D eigenvalue weighted by Gasteiger charge is -2.13. The number of hydrogen-bond donors (Lipinski definition) is 1. The van der Waals surface area contributed by atoms with Crippen molar-refractivity contribution in [3.05, 3.63) is 51.9 Å². The number of anilines is 1. The van der Waals surface area contributed by atoms with E-state index in [1.54, 1.807) is 13.0 Å². The molecule has 0 amide bonds. The van der Waals surface area contributed by atoms with Gasteiger partial charge in [0.1, 0.15) is 28.8 Å². The number of aromatic nitrogens is 3. The SMILES string of the molecule is COc1cc(C)nc(-n2c(=O)c(N)c(-c3c(F)cc(OC)cc3F)n2C)c1. The van der Waals surface area contributed by atoms with Gasteiger partial charge < -0.3 is 15.2 Å². The van der Waals surface area contributed by atoms with Crippen LogP contribution in [0.25, 0.3) is 17.1 Å². The van der Waals surface area contributed by atoms with Crippen LogP contribution in [0.3, 0.4) is 0 Å². The maximum Gasteiger partial charge on any atom is 0.296 e. The van der Waals surface area contributed by atoms with E-state index in [1.165, 1.54) is 32.0 Å². The van der Waals surface area contributed by atoms with E-state index in [1.807, 2.05) is 0 Å². The smallest absolute Gasteiger partial charge is 0.296 e. The zero-order valence-electron chi connectivity index (χ0n) is 15.2. The highest BCUT2D eigenvalue weighted by molar-refractivity contribution is 5.74. The molecule has 0 atom stereocenters. The summed E-state index contributed by atoms with van der Waals surface area (Å²) < 4.78 is 41.5. The quantitative estimate of drug-likeness (QED) is 0.756. The molecule has 0 saturated heterocycles. The van der Waals surface area contributed by atoms with Gasteiger partial charge in [0.15, 0.2) is 5.82 Å². The Balaban J connectivity index is 2.30. The van der Waals surface area contributed by atoms with Crippen LogP contribution in [0, 0.1) is 18.6 Å². The number of pyridine rings is 1. The van der Waals surface area contributed by atoms with Gasteiger partial charge in [-0.05, 0) is 6.92 Å². The first-order valence-corrected chi connectivity index (χ1v) is 7.92. The van der Waals surface area contributed by atoms with Crippen molar-refractivity contribution in [3.8, 4) is 28.6 Å². The van der Waals surface area contributed by atoms with Crippen LogP contribution in [0.5, 0.6) is 11.5 Å². The summed E-state index contributed by atoms with van der Waals surface area (Å²) >= 11 is 0. The first kappa shape index (κ1) is 18.4. The molecule has 3 aromatic rings. The highest BCUT2D eigenvalue weighted by Gasteiger charge is 2.25. The molecule has 0 unspecified atom stereocenters. The highest BCUT2D eigenvalue weighted by atomic mass is 19.1. The first-order valence-electron chi connectivity index (χ1n) is 7.92. The number of nitrogen functional groups attached to an aromatic ring is 1. The number of methoxy groups -OCH3 is 2. The average molecular weight is 376 g/mol. The van der Waals surface area contributed by atoms with Crippen molar-refractivity contribution >= 4 is 5.69 Å². The Bertz CT molecular complexity index is 1070. The molecule has 27 heavy (non-hydrogen) atoms. The van der Waals surface area contributed by atoms with Crippen molar-refractivity contribution in [1.29, 1.82) is 0 Å². The summed E-state index contributed by atoms with van der Waals surface area (Å²) in [5.74, 6) is -1.09. The van der Waals surface area contributed by atoms with Gasteiger partial charge in [0, 0.05) is 37.0 Å². The number of nitrogens with two attached hydrogens (primary N) is 1. The van der Waals surface area contributed by atoms with Crippen LogP contribution in [0.2, 0.25) is 0 Å². The van der Waals surface area contributed by atoms with Gasteiger partial charge >= 0.3 is 0 Å². The monoisotopic (exact) mass is 376 g/mol. The third-order valence-electron chi connectivity index (χ3n) is 4.16. The Morgan fingerprint density at radius 3 is 2.15 bits per heavy atom. The summed E-state index contributed by atoms with van der Waals surface area (Å²) in [7, 11) is 4.24. The maximum absolute atomic E-state index is 14.5. The zero-order chi connectivity index (χ0) is 19.9. The van der Waals surface area contributed by atoms with E-state index < -0.39 is 22.8 Å². The second-order valence-corrected chi connectivity index (χ2v) is 5.88. The van der Waals surface area contributed by atoms with Crippen LogP contribution in [-0.4, -0.2) is 28.6 Å². The van der Waals surface area contributed by atoms with Crippen LogP contribution in [0.4, 0.5) is 14.5 Å². The minimum atomic E-state index is -0.902. The van der Waals surface area contributed by atoms with E-state index in [9.17, 15) is 13.6 Å². The predicted octanol–water partition coefficient (Wildman–Crippen LogP) is 2.42. The van der Waals surface area contributed by atoms with Gasteiger partial charge in [0.25, 0.3) is 5.56 Å². The first-order chi connectivity index (χ1) is 12.8. The lowest BCUT2D eigenvalue weighted by molar-refractivity contribution is 0.407. The summed E-state index contributed by atoms with van der Waals surface area (Å²) in [6, 6.07) is 5.25. The molecule has 0 spiro atoms. The highest BCUT2D eigenvalue weighted by Crippen LogP contribution is 2.32. The number of aryl methyl sites for hydroxylation is 1. The third kappa shape index (κ3) is 3.01. The Kier molecular flexibility index (Phi) is 4.61. The van der Waals surface area contributed by atoms with Crippen molar-refractivity contribution in [2.75, 3.05) is 20.0 Å². The van der Waals surface area contributed by atoms with Crippen LogP contribution in [0.15, 0.2) is 29.1 Å². The van der Waals surface area contributed by atoms with E-state index >= 15 is 0 Å². The fourth-order valence-electron chi connectivity index (χ4n) is 2.92. The summed E-state index contributed by atoms with van der Waals surface area (Å²) in [5.41, 5.74) is 5.03. The summed E-state index contributed by atoms with van der Waals surface area (Å²) in [5, 5.41) is 0. The van der Waals surface area contributed by atoms with Crippen LogP contribution in [-0.2, 0) is 7.05 Å². The molecule has 2 N–H and O–H groups in total. The molecular weight excluding hydrogens is 358 g/mol. The van der Waals surface area contributed by atoms with Crippen molar-refractivity contribution in [1.82, 2.24) is 14.3 Å². The van der Waals surface area contributed by atoms with Gasteiger partial charge in [-0.2, -0.15) is 4.68 Å². The molecule has 9 heteroatoms. The minimum Gasteiger partial charge on any atom is -0.497 e. The van der Waals surface area contributed by atoms with Gasteiger partial charge in [-0.1, -0.05) is 0 Å². The Morgan fingerprint density at radius 1 is 1.04 bits per heavy atom. The number of halogens is 2. The Morgan fingerprint density at radius 2 is 1.59 bits per heavy atom. The molecule has 142 valence electrons. The fourth-order valence-corrected chi connectivity index (χ4v) is 2.92. The molecule has 3 rings (SSSR count). The molecule has 2 heterocycles. The molecule has 0 radical (unpaired) electrons. The Hall–Kier alpha value is -3.36. The Labute approximate surface area is 153 Å². The average Bonchev–Trinajstić information content (AvgIpc) is 2.84. The topological polar surface area (TPSA) is 84.3 Å². The third-order valence-corrected chi connectivity index (χ3v) is 4.16. The molecule has 2 aromatic heterocycles. The van der Waals surface area contributed by atoms with Gasteiger partial charge in [-0.3, -0.25) is 9.48 Å². The maximum atomic E-state index is 14.5. The van der Waals surface area contributed by atoms with Gasteiger partial charge in [0.05, 0.1) is 25.5 Å². The number of nitrogens with zero attached hydrogens (tertiary/aromatic N) is 3. The largest absolute Gasteiger partial charge is 0.497 e. The lowest BCUT2D eigenvalue weighted by atomic mass is 10.1. The molecule has 0 fully saturated rings. The second-order valence-electron chi connectivity index (χ2n) is 5.88. The summed E-state index contributed by atoms with van der Waals surface area (Å²) in [6.45, 7) is 1.73. The van der Waals surface area contributed by atoms with Gasteiger partial charge in [-0.15, -0.1) is 0 Å². The van der Waals surface area contributed by atoms with Crippen molar-refractivity contribution in [2.24, 2.45) is 7.05 Å². The molecule has 0 bridgehead atoms.